The molecule has 0 spiro atoms. The zero-order valence-corrected chi connectivity index (χ0v) is 12.2. The number of fused-ring (bicyclic) bond motifs is 1. The Hall–Kier alpha value is -2.14. The van der Waals surface area contributed by atoms with Gasteiger partial charge in [0.15, 0.2) is 11.5 Å². The molecule has 1 aliphatic heterocycles. The van der Waals surface area contributed by atoms with E-state index in [2.05, 4.69) is 4.98 Å². The van der Waals surface area contributed by atoms with Gasteiger partial charge in [-0.25, -0.2) is 0 Å². The number of methoxy groups -OCH3 is 1. The summed E-state index contributed by atoms with van der Waals surface area (Å²) in [7, 11) is 1.56. The molecule has 0 saturated heterocycles. The topological polar surface area (TPSA) is 64.4 Å². The highest BCUT2D eigenvalue weighted by atomic mass is 16.5. The molecule has 1 unspecified atom stereocenters. The number of hydrogen-bond donors (Lipinski definition) is 1. The first-order chi connectivity index (χ1) is 10.1. The molecule has 2 aromatic heterocycles. The van der Waals surface area contributed by atoms with Crippen LogP contribution in [0.2, 0.25) is 0 Å². The Morgan fingerprint density at radius 3 is 2.95 bits per heavy atom. The van der Waals surface area contributed by atoms with Crippen LogP contribution in [0.5, 0.6) is 5.75 Å². The van der Waals surface area contributed by atoms with Crippen LogP contribution in [-0.4, -0.2) is 27.6 Å². The van der Waals surface area contributed by atoms with Crippen molar-refractivity contribution in [1.82, 2.24) is 9.55 Å². The van der Waals surface area contributed by atoms with Crippen LogP contribution in [0, 0.1) is 0 Å². The second-order valence-electron chi connectivity index (χ2n) is 5.25. The van der Waals surface area contributed by atoms with Crippen molar-refractivity contribution in [2.75, 3.05) is 7.11 Å². The van der Waals surface area contributed by atoms with Gasteiger partial charge in [-0.1, -0.05) is 0 Å². The molecule has 3 heterocycles. The molecule has 0 amide bonds. The predicted molar refractivity (Wildman–Crippen MR) is 78.4 cm³/mol. The summed E-state index contributed by atoms with van der Waals surface area (Å²) in [6, 6.07) is 3.78. The van der Waals surface area contributed by atoms with Crippen molar-refractivity contribution in [2.45, 2.75) is 32.4 Å². The molecular weight excluding hydrogens is 268 g/mol. The monoisotopic (exact) mass is 286 g/mol. The van der Waals surface area contributed by atoms with Crippen LogP contribution >= 0.6 is 0 Å². The van der Waals surface area contributed by atoms with Gasteiger partial charge in [0.05, 0.1) is 30.2 Å². The molecule has 5 heteroatoms. The Morgan fingerprint density at radius 2 is 2.33 bits per heavy atom. The Morgan fingerprint density at radius 1 is 1.52 bits per heavy atom. The lowest BCUT2D eigenvalue weighted by Gasteiger charge is -2.23. The Bertz CT molecular complexity index is 677. The molecule has 21 heavy (non-hydrogen) atoms. The van der Waals surface area contributed by atoms with Gasteiger partial charge in [-0.05, 0) is 31.9 Å². The minimum Gasteiger partial charge on any atom is -0.494 e. The maximum absolute atomic E-state index is 12.1. The quantitative estimate of drug-likeness (QED) is 0.881. The van der Waals surface area contributed by atoms with E-state index in [1.807, 2.05) is 16.7 Å². The Labute approximate surface area is 123 Å². The first kappa shape index (κ1) is 13.8. The predicted octanol–water partition coefficient (Wildman–Crippen LogP) is 2.59. The Balaban J connectivity index is 2.34. The van der Waals surface area contributed by atoms with Crippen molar-refractivity contribution < 1.29 is 14.6 Å². The third-order valence-electron chi connectivity index (χ3n) is 3.93. The second-order valence-corrected chi connectivity index (χ2v) is 5.25. The van der Waals surface area contributed by atoms with E-state index in [0.29, 0.717) is 23.4 Å². The number of ether oxygens (including phenoxy) is 1. The van der Waals surface area contributed by atoms with Crippen molar-refractivity contribution >= 4 is 5.78 Å². The van der Waals surface area contributed by atoms with Gasteiger partial charge in [0, 0.05) is 24.5 Å². The number of nitrogens with zero attached hydrogens (tertiary/aromatic N) is 2. The van der Waals surface area contributed by atoms with Gasteiger partial charge in [0.1, 0.15) is 0 Å². The fourth-order valence-corrected chi connectivity index (χ4v) is 3.10. The van der Waals surface area contributed by atoms with E-state index in [1.165, 1.54) is 6.92 Å². The molecule has 0 radical (unpaired) electrons. The highest BCUT2D eigenvalue weighted by Gasteiger charge is 2.32. The van der Waals surface area contributed by atoms with Gasteiger partial charge in [0.2, 0.25) is 0 Å². The standard InChI is InChI=1S/C16H18N2O3/c1-10(19)13-15-12(20)6-4-8-18(15)14(16(13)21-2)11-5-3-7-17-9-11/h3,5,7,9,12,20H,4,6,8H2,1-2H3. The number of ketones is 1. The van der Waals surface area contributed by atoms with E-state index in [-0.39, 0.29) is 5.78 Å². The summed E-state index contributed by atoms with van der Waals surface area (Å²) >= 11 is 0. The van der Waals surface area contributed by atoms with Crippen LogP contribution in [-0.2, 0) is 6.54 Å². The minimum absolute atomic E-state index is 0.0910. The van der Waals surface area contributed by atoms with Crippen LogP contribution in [0.3, 0.4) is 0 Å². The second kappa shape index (κ2) is 5.33. The summed E-state index contributed by atoms with van der Waals surface area (Å²) in [6.07, 6.45) is 4.36. The van der Waals surface area contributed by atoms with Crippen molar-refractivity contribution in [3.63, 3.8) is 0 Å². The summed E-state index contributed by atoms with van der Waals surface area (Å²) in [6.45, 7) is 2.27. The van der Waals surface area contributed by atoms with Crippen LogP contribution in [0.15, 0.2) is 24.5 Å². The van der Waals surface area contributed by atoms with Crippen molar-refractivity contribution in [2.24, 2.45) is 0 Å². The van der Waals surface area contributed by atoms with Crippen LogP contribution < -0.4 is 4.74 Å². The van der Waals surface area contributed by atoms with Gasteiger partial charge in [0.25, 0.3) is 0 Å². The number of aliphatic hydroxyl groups is 1. The van der Waals surface area contributed by atoms with Crippen LogP contribution in [0.25, 0.3) is 11.3 Å². The third-order valence-corrected chi connectivity index (χ3v) is 3.93. The van der Waals surface area contributed by atoms with E-state index < -0.39 is 6.10 Å². The highest BCUT2D eigenvalue weighted by Crippen LogP contribution is 2.43. The molecule has 1 N–H and O–H groups in total. The van der Waals surface area contributed by atoms with Crippen molar-refractivity contribution in [3.05, 3.63) is 35.8 Å². The lowest BCUT2D eigenvalue weighted by molar-refractivity contribution is 0.0992. The van der Waals surface area contributed by atoms with Crippen molar-refractivity contribution in [1.29, 1.82) is 0 Å². The van der Waals surface area contributed by atoms with E-state index in [0.717, 1.165) is 24.2 Å². The molecule has 0 aromatic carbocycles. The number of rotatable bonds is 3. The Kier molecular flexibility index (Phi) is 3.51. The molecular formula is C16H18N2O3. The van der Waals surface area contributed by atoms with Gasteiger partial charge < -0.3 is 14.4 Å². The number of hydrogen-bond acceptors (Lipinski definition) is 4. The molecule has 0 fully saturated rings. The molecule has 1 atom stereocenters. The van der Waals surface area contributed by atoms with Crippen LogP contribution in [0.4, 0.5) is 0 Å². The average molecular weight is 286 g/mol. The average Bonchev–Trinajstić information content (AvgIpc) is 2.84. The summed E-state index contributed by atoms with van der Waals surface area (Å²) in [5.41, 5.74) is 2.87. The largest absolute Gasteiger partial charge is 0.494 e. The fraction of sp³-hybridized carbons (Fsp3) is 0.375. The number of aromatic nitrogens is 2. The highest BCUT2D eigenvalue weighted by molar-refractivity contribution is 6.01. The smallest absolute Gasteiger partial charge is 0.165 e. The fourth-order valence-electron chi connectivity index (χ4n) is 3.10. The maximum Gasteiger partial charge on any atom is 0.165 e. The van der Waals surface area contributed by atoms with Crippen LogP contribution in [0.1, 0.15) is 41.9 Å². The molecule has 3 rings (SSSR count). The first-order valence-electron chi connectivity index (χ1n) is 7.05. The SMILES string of the molecule is COc1c(C(C)=O)c2n(c1-c1cccnc1)CCCC2O. The lowest BCUT2D eigenvalue weighted by Crippen LogP contribution is -2.17. The maximum atomic E-state index is 12.1. The van der Waals surface area contributed by atoms with Gasteiger partial charge in [-0.3, -0.25) is 9.78 Å². The number of pyridine rings is 1. The van der Waals surface area contributed by atoms with E-state index in [4.69, 9.17) is 4.74 Å². The number of aliphatic hydroxyl groups excluding tert-OH is 1. The molecule has 110 valence electrons. The van der Waals surface area contributed by atoms with E-state index in [1.54, 1.807) is 19.5 Å². The van der Waals surface area contributed by atoms with E-state index >= 15 is 0 Å². The minimum atomic E-state index is -0.628. The zero-order chi connectivity index (χ0) is 15.0. The lowest BCUT2D eigenvalue weighted by atomic mass is 10.0. The zero-order valence-electron chi connectivity index (χ0n) is 12.2. The van der Waals surface area contributed by atoms with Gasteiger partial charge >= 0.3 is 0 Å². The molecule has 2 aromatic rings. The normalized spacial score (nSPS) is 17.4. The van der Waals surface area contributed by atoms with E-state index in [9.17, 15) is 9.90 Å². The summed E-state index contributed by atoms with van der Waals surface area (Å²) in [5.74, 6) is 0.443. The number of carbonyl (C=O) groups is 1. The molecule has 1 aliphatic rings. The summed E-state index contributed by atoms with van der Waals surface area (Å²) in [4.78, 5) is 16.2. The number of carbonyl (C=O) groups excluding carboxylic acids is 1. The molecule has 0 aliphatic carbocycles. The van der Waals surface area contributed by atoms with Gasteiger partial charge in [-0.2, -0.15) is 0 Å². The first-order valence-corrected chi connectivity index (χ1v) is 7.05. The number of Topliss-reactive ketones (excluding diaryl/α,β-unsaturated/α-hetero) is 1. The molecule has 0 bridgehead atoms. The molecule has 5 nitrogen and oxygen atoms in total. The third kappa shape index (κ3) is 2.14. The summed E-state index contributed by atoms with van der Waals surface area (Å²) in [5, 5.41) is 10.3. The van der Waals surface area contributed by atoms with Crippen molar-refractivity contribution in [3.8, 4) is 17.0 Å². The van der Waals surface area contributed by atoms with Gasteiger partial charge in [-0.15, -0.1) is 0 Å². The molecule has 0 saturated carbocycles. The summed E-state index contributed by atoms with van der Waals surface area (Å²) < 4.78 is 7.51.